The van der Waals surface area contributed by atoms with E-state index in [4.69, 9.17) is 21.1 Å². The summed E-state index contributed by atoms with van der Waals surface area (Å²) in [6.07, 6.45) is 0.870. The van der Waals surface area contributed by atoms with Gasteiger partial charge in [-0.15, -0.1) is 0 Å². The molecular weight excluding hydrogens is 424 g/mol. The van der Waals surface area contributed by atoms with Gasteiger partial charge in [0.05, 0.1) is 11.6 Å². The number of hydrogen-bond donors (Lipinski definition) is 2. The third-order valence-electron chi connectivity index (χ3n) is 3.14. The quantitative estimate of drug-likeness (QED) is 0.642. The van der Waals surface area contributed by atoms with Crippen LogP contribution in [-0.2, 0) is 4.79 Å². The molecule has 0 aliphatic heterocycles. The fourth-order valence-electron chi connectivity index (χ4n) is 1.92. The topological polar surface area (TPSA) is 76.7 Å². The first-order chi connectivity index (χ1) is 12.5. The average Bonchev–Trinajstić information content (AvgIpc) is 2.64. The van der Waals surface area contributed by atoms with E-state index < -0.39 is 11.8 Å². The Kier molecular flexibility index (Phi) is 7.74. The maximum atomic E-state index is 12.1. The predicted molar refractivity (Wildman–Crippen MR) is 102 cm³/mol. The Morgan fingerprint density at radius 2 is 1.92 bits per heavy atom. The number of rotatable bonds is 7. The molecule has 2 amide bonds. The largest absolute Gasteiger partial charge is 0.494 e. The summed E-state index contributed by atoms with van der Waals surface area (Å²) in [4.78, 5) is 23.9. The number of benzene rings is 2. The Morgan fingerprint density at radius 3 is 2.65 bits per heavy atom. The average molecular weight is 442 g/mol. The van der Waals surface area contributed by atoms with Crippen LogP contribution < -0.4 is 20.3 Å². The van der Waals surface area contributed by atoms with E-state index in [9.17, 15) is 9.59 Å². The molecule has 6 nitrogen and oxygen atoms in total. The van der Waals surface area contributed by atoms with Crippen LogP contribution in [0.25, 0.3) is 0 Å². The lowest BCUT2D eigenvalue weighted by atomic mass is 10.2. The molecule has 0 radical (unpaired) electrons. The molecular formula is C18H18BrClN2O4. The van der Waals surface area contributed by atoms with Gasteiger partial charge in [-0.1, -0.05) is 40.5 Å². The van der Waals surface area contributed by atoms with Gasteiger partial charge in [0.15, 0.2) is 6.61 Å². The van der Waals surface area contributed by atoms with Gasteiger partial charge in [-0.2, -0.15) is 0 Å². The van der Waals surface area contributed by atoms with Crippen LogP contribution in [0.4, 0.5) is 0 Å². The molecule has 2 aromatic rings. The van der Waals surface area contributed by atoms with Crippen LogP contribution in [0.3, 0.4) is 0 Å². The summed E-state index contributed by atoms with van der Waals surface area (Å²) in [5.74, 6) is -0.00569. The van der Waals surface area contributed by atoms with Crippen LogP contribution in [0.2, 0.25) is 5.02 Å². The number of hydrogen-bond acceptors (Lipinski definition) is 4. The molecule has 0 unspecified atom stereocenters. The van der Waals surface area contributed by atoms with Crippen molar-refractivity contribution in [2.75, 3.05) is 13.2 Å². The minimum Gasteiger partial charge on any atom is -0.494 e. The standard InChI is InChI=1S/C18H18BrClN2O4/c1-2-8-25-14-5-3-4-12(9-14)18(24)22-21-17(23)11-26-16-7-6-13(19)10-15(16)20/h3-7,9-10H,2,8,11H2,1H3,(H,21,23)(H,22,24). The molecule has 2 rings (SSSR count). The monoisotopic (exact) mass is 440 g/mol. The van der Waals surface area contributed by atoms with E-state index in [2.05, 4.69) is 26.8 Å². The van der Waals surface area contributed by atoms with Crippen molar-refractivity contribution >= 4 is 39.3 Å². The van der Waals surface area contributed by atoms with Gasteiger partial charge in [0.25, 0.3) is 11.8 Å². The molecule has 8 heteroatoms. The Hall–Kier alpha value is -2.25. The van der Waals surface area contributed by atoms with E-state index in [1.165, 1.54) is 0 Å². The second-order valence-corrected chi connectivity index (χ2v) is 6.56. The molecule has 0 saturated carbocycles. The van der Waals surface area contributed by atoms with Crippen molar-refractivity contribution in [1.29, 1.82) is 0 Å². The Balaban J connectivity index is 1.82. The maximum Gasteiger partial charge on any atom is 0.276 e. The van der Waals surface area contributed by atoms with E-state index in [-0.39, 0.29) is 6.61 Å². The first kappa shape index (κ1) is 20.1. The molecule has 0 spiro atoms. The van der Waals surface area contributed by atoms with Gasteiger partial charge in [-0.3, -0.25) is 20.4 Å². The summed E-state index contributed by atoms with van der Waals surface area (Å²) in [7, 11) is 0. The van der Waals surface area contributed by atoms with E-state index in [1.807, 2.05) is 6.92 Å². The maximum absolute atomic E-state index is 12.1. The molecule has 2 aromatic carbocycles. The highest BCUT2D eigenvalue weighted by Gasteiger charge is 2.10. The zero-order valence-electron chi connectivity index (χ0n) is 14.1. The predicted octanol–water partition coefficient (Wildman–Crippen LogP) is 3.73. The smallest absolute Gasteiger partial charge is 0.276 e. The first-order valence-corrected chi connectivity index (χ1v) is 9.06. The number of carbonyl (C=O) groups is 2. The van der Waals surface area contributed by atoms with Crippen LogP contribution in [0, 0.1) is 0 Å². The van der Waals surface area contributed by atoms with Crippen LogP contribution in [0.5, 0.6) is 11.5 Å². The molecule has 0 aliphatic carbocycles. The normalized spacial score (nSPS) is 10.1. The van der Waals surface area contributed by atoms with Crippen molar-refractivity contribution in [3.8, 4) is 11.5 Å². The zero-order chi connectivity index (χ0) is 18.9. The summed E-state index contributed by atoms with van der Waals surface area (Å²) < 4.78 is 11.6. The van der Waals surface area contributed by atoms with Crippen molar-refractivity contribution in [3.05, 3.63) is 57.5 Å². The number of ether oxygens (including phenoxy) is 2. The van der Waals surface area contributed by atoms with Gasteiger partial charge in [0, 0.05) is 10.0 Å². The number of amides is 2. The molecule has 138 valence electrons. The number of carbonyl (C=O) groups excluding carboxylic acids is 2. The van der Waals surface area contributed by atoms with Crippen molar-refractivity contribution in [3.63, 3.8) is 0 Å². The summed E-state index contributed by atoms with van der Waals surface area (Å²) in [5.41, 5.74) is 4.99. The second-order valence-electron chi connectivity index (χ2n) is 5.24. The first-order valence-electron chi connectivity index (χ1n) is 7.89. The molecule has 0 aliphatic rings. The van der Waals surface area contributed by atoms with Crippen molar-refractivity contribution in [2.45, 2.75) is 13.3 Å². The number of hydrazine groups is 1. The second kappa shape index (κ2) is 10.0. The summed E-state index contributed by atoms with van der Waals surface area (Å²) in [5, 5.41) is 0.375. The number of halogens is 2. The Bertz CT molecular complexity index is 786. The van der Waals surface area contributed by atoms with E-state index in [1.54, 1.807) is 42.5 Å². The van der Waals surface area contributed by atoms with Crippen LogP contribution >= 0.6 is 27.5 Å². The summed E-state index contributed by atoms with van der Waals surface area (Å²) >= 11 is 9.29. The molecule has 0 saturated heterocycles. The lowest BCUT2D eigenvalue weighted by Crippen LogP contribution is -2.43. The fraction of sp³-hybridized carbons (Fsp3) is 0.222. The van der Waals surface area contributed by atoms with Gasteiger partial charge in [0.2, 0.25) is 0 Å². The molecule has 26 heavy (non-hydrogen) atoms. The Morgan fingerprint density at radius 1 is 1.12 bits per heavy atom. The highest BCUT2D eigenvalue weighted by Crippen LogP contribution is 2.27. The van der Waals surface area contributed by atoms with Gasteiger partial charge in [0.1, 0.15) is 11.5 Å². The summed E-state index contributed by atoms with van der Waals surface area (Å²) in [6, 6.07) is 11.7. The number of nitrogens with one attached hydrogen (secondary N) is 2. The van der Waals surface area contributed by atoms with Gasteiger partial charge in [-0.05, 0) is 42.8 Å². The lowest BCUT2D eigenvalue weighted by Gasteiger charge is -2.10. The van der Waals surface area contributed by atoms with Gasteiger partial charge < -0.3 is 9.47 Å². The molecule has 0 heterocycles. The lowest BCUT2D eigenvalue weighted by molar-refractivity contribution is -0.123. The Labute approximate surface area is 164 Å². The summed E-state index contributed by atoms with van der Waals surface area (Å²) in [6.45, 7) is 2.27. The van der Waals surface area contributed by atoms with Gasteiger partial charge in [-0.25, -0.2) is 0 Å². The van der Waals surface area contributed by atoms with Crippen molar-refractivity contribution in [2.24, 2.45) is 0 Å². The van der Waals surface area contributed by atoms with E-state index in [0.717, 1.165) is 10.9 Å². The molecule has 0 bridgehead atoms. The van der Waals surface area contributed by atoms with Crippen molar-refractivity contribution < 1.29 is 19.1 Å². The minimum absolute atomic E-state index is 0.290. The highest BCUT2D eigenvalue weighted by molar-refractivity contribution is 9.10. The fourth-order valence-corrected chi connectivity index (χ4v) is 2.65. The molecule has 0 fully saturated rings. The van der Waals surface area contributed by atoms with Gasteiger partial charge >= 0.3 is 0 Å². The zero-order valence-corrected chi connectivity index (χ0v) is 16.4. The van der Waals surface area contributed by atoms with Crippen molar-refractivity contribution in [1.82, 2.24) is 10.9 Å². The van der Waals surface area contributed by atoms with E-state index >= 15 is 0 Å². The highest BCUT2D eigenvalue weighted by atomic mass is 79.9. The van der Waals surface area contributed by atoms with Crippen LogP contribution in [0.15, 0.2) is 46.9 Å². The molecule has 0 atom stereocenters. The molecule has 0 aromatic heterocycles. The molecule has 2 N–H and O–H groups in total. The SMILES string of the molecule is CCCOc1cccc(C(=O)NNC(=O)COc2ccc(Br)cc2Cl)c1. The third-order valence-corrected chi connectivity index (χ3v) is 3.93. The minimum atomic E-state index is -0.518. The van der Waals surface area contributed by atoms with E-state index in [0.29, 0.717) is 28.7 Å². The van der Waals surface area contributed by atoms with Crippen LogP contribution in [0.1, 0.15) is 23.7 Å². The van der Waals surface area contributed by atoms with Crippen LogP contribution in [-0.4, -0.2) is 25.0 Å². The third kappa shape index (κ3) is 6.24.